The number of nitrogens with zero attached hydrogens (tertiary/aromatic N) is 1. The first-order valence-electron chi connectivity index (χ1n) is 4.20. The Morgan fingerprint density at radius 3 is 2.75 bits per heavy atom. The van der Waals surface area contributed by atoms with E-state index in [9.17, 15) is 10.1 Å². The van der Waals surface area contributed by atoms with Gasteiger partial charge in [-0.15, -0.1) is 11.3 Å². The summed E-state index contributed by atoms with van der Waals surface area (Å²) in [5.74, 6) is 0.197. The molecular formula is C9H5BrClNO3S. The molecule has 0 radical (unpaired) electrons. The molecule has 84 valence electrons. The minimum atomic E-state index is -0.570. The Bertz CT molecular complexity index is 524. The van der Waals surface area contributed by atoms with Gasteiger partial charge in [0, 0.05) is 4.88 Å². The third kappa shape index (κ3) is 2.14. The highest BCUT2D eigenvalue weighted by Gasteiger charge is 2.21. The third-order valence-electron chi connectivity index (χ3n) is 1.92. The van der Waals surface area contributed by atoms with E-state index in [4.69, 9.17) is 16.0 Å². The fourth-order valence-electron chi connectivity index (χ4n) is 1.19. The van der Waals surface area contributed by atoms with Crippen molar-refractivity contribution in [1.82, 2.24) is 0 Å². The molecule has 0 aliphatic carbocycles. The van der Waals surface area contributed by atoms with E-state index in [1.54, 1.807) is 12.1 Å². The van der Waals surface area contributed by atoms with Crippen molar-refractivity contribution in [3.63, 3.8) is 0 Å². The predicted octanol–water partition coefficient (Wildman–Crippen LogP) is 4.39. The maximum absolute atomic E-state index is 10.5. The number of nitro groups is 1. The maximum Gasteiger partial charge on any atom is 0.433 e. The van der Waals surface area contributed by atoms with Gasteiger partial charge in [0.2, 0.25) is 0 Å². The highest BCUT2D eigenvalue weighted by molar-refractivity contribution is 9.09. The smallest absolute Gasteiger partial charge is 0.404 e. The van der Waals surface area contributed by atoms with Crippen LogP contribution in [0.3, 0.4) is 0 Å². The second-order valence-electron chi connectivity index (χ2n) is 2.93. The van der Waals surface area contributed by atoms with Gasteiger partial charge in [0.05, 0.1) is 11.1 Å². The Kier molecular flexibility index (Phi) is 3.32. The van der Waals surface area contributed by atoms with Crippen LogP contribution in [0.4, 0.5) is 5.88 Å². The quantitative estimate of drug-likeness (QED) is 0.478. The van der Waals surface area contributed by atoms with Crippen LogP contribution in [0.15, 0.2) is 28.0 Å². The van der Waals surface area contributed by atoms with Crippen LogP contribution >= 0.6 is 38.9 Å². The first-order chi connectivity index (χ1) is 7.59. The summed E-state index contributed by atoms with van der Waals surface area (Å²) < 4.78 is 5.09. The molecule has 2 aromatic heterocycles. The van der Waals surface area contributed by atoms with Gasteiger partial charge in [-0.3, -0.25) is 10.1 Å². The van der Waals surface area contributed by atoms with Gasteiger partial charge >= 0.3 is 5.88 Å². The van der Waals surface area contributed by atoms with Crippen molar-refractivity contribution in [3.05, 3.63) is 49.4 Å². The van der Waals surface area contributed by atoms with Gasteiger partial charge in [-0.2, -0.15) is 0 Å². The molecule has 0 aliphatic heterocycles. The summed E-state index contributed by atoms with van der Waals surface area (Å²) in [5.41, 5.74) is 0. The van der Waals surface area contributed by atoms with Crippen LogP contribution in [0.25, 0.3) is 0 Å². The van der Waals surface area contributed by atoms with Gasteiger partial charge in [-0.1, -0.05) is 27.5 Å². The second-order valence-corrected chi connectivity index (χ2v) is 5.20. The molecule has 7 heteroatoms. The average Bonchev–Trinajstić information content (AvgIpc) is 2.84. The highest BCUT2D eigenvalue weighted by Crippen LogP contribution is 2.40. The van der Waals surface area contributed by atoms with Crippen LogP contribution in [0, 0.1) is 10.1 Å². The van der Waals surface area contributed by atoms with E-state index in [0.29, 0.717) is 10.8 Å². The lowest BCUT2D eigenvalue weighted by Crippen LogP contribution is -1.88. The van der Waals surface area contributed by atoms with E-state index in [-0.39, 0.29) is 10.7 Å². The highest BCUT2D eigenvalue weighted by atomic mass is 79.9. The molecule has 0 amide bonds. The Morgan fingerprint density at radius 2 is 2.25 bits per heavy atom. The summed E-state index contributed by atoms with van der Waals surface area (Å²) in [6, 6.07) is 4.66. The fraction of sp³-hybridized carbons (Fsp3) is 0.111. The van der Waals surface area contributed by atoms with Crippen molar-refractivity contribution in [3.8, 4) is 0 Å². The number of hydrogen-bond acceptors (Lipinski definition) is 4. The van der Waals surface area contributed by atoms with Crippen molar-refractivity contribution in [2.24, 2.45) is 0 Å². The van der Waals surface area contributed by atoms with Crippen molar-refractivity contribution in [2.75, 3.05) is 0 Å². The van der Waals surface area contributed by atoms with Gasteiger partial charge in [-0.05, 0) is 17.5 Å². The molecule has 0 saturated carbocycles. The Hall–Kier alpha value is -0.850. The lowest BCUT2D eigenvalue weighted by Gasteiger charge is -2.03. The lowest BCUT2D eigenvalue weighted by molar-refractivity contribution is -0.402. The summed E-state index contributed by atoms with van der Waals surface area (Å²) in [7, 11) is 0. The molecule has 0 saturated heterocycles. The van der Waals surface area contributed by atoms with E-state index in [1.165, 1.54) is 17.4 Å². The van der Waals surface area contributed by atoms with E-state index in [1.807, 2.05) is 5.38 Å². The van der Waals surface area contributed by atoms with Crippen molar-refractivity contribution in [2.45, 2.75) is 4.83 Å². The zero-order chi connectivity index (χ0) is 11.7. The summed E-state index contributed by atoms with van der Waals surface area (Å²) in [5, 5.41) is 12.9. The number of alkyl halides is 1. The van der Waals surface area contributed by atoms with Crippen molar-refractivity contribution in [1.29, 1.82) is 0 Å². The first kappa shape index (κ1) is 11.6. The number of rotatable bonds is 3. The number of halogens is 2. The van der Waals surface area contributed by atoms with Crippen LogP contribution < -0.4 is 0 Å². The van der Waals surface area contributed by atoms with Gasteiger partial charge in [0.15, 0.2) is 0 Å². The minimum Gasteiger partial charge on any atom is -0.404 e. The van der Waals surface area contributed by atoms with E-state index >= 15 is 0 Å². The normalized spacial score (nSPS) is 12.6. The molecule has 0 aromatic carbocycles. The third-order valence-corrected chi connectivity index (χ3v) is 4.55. The van der Waals surface area contributed by atoms with Gasteiger partial charge in [0.1, 0.15) is 15.5 Å². The minimum absolute atomic E-state index is 0.256. The number of furan rings is 1. The Morgan fingerprint density at radius 1 is 1.50 bits per heavy atom. The van der Waals surface area contributed by atoms with Crippen molar-refractivity contribution >= 4 is 44.8 Å². The van der Waals surface area contributed by atoms with E-state index in [2.05, 4.69) is 15.9 Å². The topological polar surface area (TPSA) is 56.3 Å². The molecule has 0 aliphatic rings. The number of thiophene rings is 1. The molecule has 2 heterocycles. The molecule has 0 bridgehead atoms. The predicted molar refractivity (Wildman–Crippen MR) is 65.5 cm³/mol. The molecule has 1 unspecified atom stereocenters. The summed E-state index contributed by atoms with van der Waals surface area (Å²) in [6.07, 6.45) is 0. The van der Waals surface area contributed by atoms with E-state index < -0.39 is 4.92 Å². The summed E-state index contributed by atoms with van der Waals surface area (Å²) in [4.78, 5) is 10.5. The molecule has 0 spiro atoms. The zero-order valence-electron chi connectivity index (χ0n) is 7.72. The van der Waals surface area contributed by atoms with Gasteiger partial charge < -0.3 is 4.42 Å². The molecule has 0 fully saturated rings. The second kappa shape index (κ2) is 4.57. The molecule has 1 atom stereocenters. The van der Waals surface area contributed by atoms with Gasteiger partial charge in [0.25, 0.3) is 0 Å². The van der Waals surface area contributed by atoms with Crippen LogP contribution in [0.1, 0.15) is 15.5 Å². The van der Waals surface area contributed by atoms with Crippen LogP contribution in [-0.2, 0) is 0 Å². The number of hydrogen-bond donors (Lipinski definition) is 0. The van der Waals surface area contributed by atoms with Crippen LogP contribution in [0.2, 0.25) is 5.02 Å². The summed E-state index contributed by atoms with van der Waals surface area (Å²) in [6.45, 7) is 0. The molecule has 2 rings (SSSR count). The van der Waals surface area contributed by atoms with Crippen LogP contribution in [-0.4, -0.2) is 4.92 Å². The van der Waals surface area contributed by atoms with Crippen molar-refractivity contribution < 1.29 is 9.34 Å². The Balaban J connectivity index is 2.31. The fourth-order valence-corrected chi connectivity index (χ4v) is 3.29. The standard InChI is InChI=1S/C9H5BrClNO3S/c10-8(9-5(11)3-4-16-9)6-1-2-7(15-6)12(13)14/h1-4,8H. The molecule has 0 N–H and O–H groups in total. The zero-order valence-corrected chi connectivity index (χ0v) is 10.9. The molecule has 16 heavy (non-hydrogen) atoms. The maximum atomic E-state index is 10.5. The lowest BCUT2D eigenvalue weighted by atomic mass is 10.3. The molecule has 2 aromatic rings. The molecule has 4 nitrogen and oxygen atoms in total. The van der Waals surface area contributed by atoms with E-state index in [0.717, 1.165) is 4.88 Å². The summed E-state index contributed by atoms with van der Waals surface area (Å²) >= 11 is 10.8. The average molecular weight is 323 g/mol. The molecular weight excluding hydrogens is 318 g/mol. The first-order valence-corrected chi connectivity index (χ1v) is 6.38. The Labute approximate surface area is 108 Å². The monoisotopic (exact) mass is 321 g/mol. The SMILES string of the molecule is O=[N+]([O-])c1ccc(C(Br)c2sccc2Cl)o1. The largest absolute Gasteiger partial charge is 0.433 e. The van der Waals surface area contributed by atoms with Crippen LogP contribution in [0.5, 0.6) is 0 Å². The van der Waals surface area contributed by atoms with Gasteiger partial charge in [-0.25, -0.2) is 0 Å².